The summed E-state index contributed by atoms with van der Waals surface area (Å²) in [6, 6.07) is 11.4. The van der Waals surface area contributed by atoms with E-state index >= 15 is 0 Å². The maximum absolute atomic E-state index is 12.5. The van der Waals surface area contributed by atoms with Gasteiger partial charge in [0.1, 0.15) is 5.75 Å². The van der Waals surface area contributed by atoms with Gasteiger partial charge in [-0.15, -0.1) is 0 Å². The first-order valence-electron chi connectivity index (χ1n) is 9.27. The fourth-order valence-electron chi connectivity index (χ4n) is 2.43. The third-order valence-electron chi connectivity index (χ3n) is 4.31. The van der Waals surface area contributed by atoms with Gasteiger partial charge in [-0.1, -0.05) is 19.9 Å². The van der Waals surface area contributed by atoms with Gasteiger partial charge in [0.15, 0.2) is 6.61 Å². The Kier molecular flexibility index (Phi) is 7.45. The van der Waals surface area contributed by atoms with Gasteiger partial charge in [-0.05, 0) is 73.7 Å². The number of ether oxygens (including phenoxy) is 1. The molecular weight excluding hydrogens is 376 g/mol. The number of carbonyl (C=O) groups excluding carboxylic acids is 1. The summed E-state index contributed by atoms with van der Waals surface area (Å²) < 4.78 is 33.0. The second-order valence-corrected chi connectivity index (χ2v) is 8.88. The van der Waals surface area contributed by atoms with Gasteiger partial charge >= 0.3 is 0 Å². The van der Waals surface area contributed by atoms with E-state index in [0.29, 0.717) is 23.9 Å². The number of hydrogen-bond acceptors (Lipinski definition) is 4. The Balaban J connectivity index is 1.93. The van der Waals surface area contributed by atoms with Crippen molar-refractivity contribution < 1.29 is 17.9 Å². The summed E-state index contributed by atoms with van der Waals surface area (Å²) in [6.45, 7) is 8.59. The molecule has 2 rings (SSSR count). The van der Waals surface area contributed by atoms with Gasteiger partial charge in [-0.3, -0.25) is 9.52 Å². The highest BCUT2D eigenvalue weighted by Crippen LogP contribution is 2.21. The molecule has 0 atom stereocenters. The Morgan fingerprint density at radius 2 is 1.71 bits per heavy atom. The van der Waals surface area contributed by atoms with Crippen molar-refractivity contribution in [2.24, 2.45) is 5.92 Å². The molecule has 0 radical (unpaired) electrons. The minimum atomic E-state index is -3.70. The minimum absolute atomic E-state index is 0.106. The van der Waals surface area contributed by atoms with Crippen molar-refractivity contribution in [1.82, 2.24) is 5.32 Å². The van der Waals surface area contributed by atoms with Gasteiger partial charge < -0.3 is 10.1 Å². The quantitative estimate of drug-likeness (QED) is 0.668. The van der Waals surface area contributed by atoms with Crippen LogP contribution in [0.25, 0.3) is 0 Å². The van der Waals surface area contributed by atoms with E-state index in [9.17, 15) is 13.2 Å². The molecule has 2 aromatic carbocycles. The molecule has 28 heavy (non-hydrogen) atoms. The monoisotopic (exact) mass is 404 g/mol. The summed E-state index contributed by atoms with van der Waals surface area (Å²) in [5, 5.41) is 2.79. The van der Waals surface area contributed by atoms with Crippen molar-refractivity contribution in [2.45, 2.75) is 39.0 Å². The van der Waals surface area contributed by atoms with E-state index in [0.717, 1.165) is 17.5 Å². The normalized spacial score (nSPS) is 11.3. The molecule has 0 bridgehead atoms. The Morgan fingerprint density at radius 3 is 2.32 bits per heavy atom. The second kappa shape index (κ2) is 9.59. The number of anilines is 1. The van der Waals surface area contributed by atoms with Crippen LogP contribution < -0.4 is 14.8 Å². The Labute approximate surface area is 167 Å². The number of carbonyl (C=O) groups is 1. The summed E-state index contributed by atoms with van der Waals surface area (Å²) in [6.07, 6.45) is 0.909. The summed E-state index contributed by atoms with van der Waals surface area (Å²) in [5.41, 5.74) is 2.62. The lowest BCUT2D eigenvalue weighted by molar-refractivity contribution is -0.123. The maximum Gasteiger partial charge on any atom is 0.261 e. The molecule has 0 unspecified atom stereocenters. The Bertz CT molecular complexity index is 907. The Morgan fingerprint density at radius 1 is 1.04 bits per heavy atom. The number of aryl methyl sites for hydroxylation is 2. The van der Waals surface area contributed by atoms with Gasteiger partial charge in [-0.25, -0.2) is 8.42 Å². The smallest absolute Gasteiger partial charge is 0.261 e. The molecule has 0 heterocycles. The standard InChI is InChI=1S/C21H28N2O4S/c1-15(2)11-12-22-21(24)14-27-19-7-9-20(10-8-19)28(25,26)23-18-6-5-16(3)17(4)13-18/h5-10,13,15,23H,11-12,14H2,1-4H3,(H,22,24). The van der Waals surface area contributed by atoms with Gasteiger partial charge in [0.05, 0.1) is 4.90 Å². The summed E-state index contributed by atoms with van der Waals surface area (Å²) >= 11 is 0. The van der Waals surface area contributed by atoms with Crippen molar-refractivity contribution in [3.05, 3.63) is 53.6 Å². The highest BCUT2D eigenvalue weighted by Gasteiger charge is 2.15. The molecule has 6 nitrogen and oxygen atoms in total. The van der Waals surface area contributed by atoms with Crippen molar-refractivity contribution in [2.75, 3.05) is 17.9 Å². The molecule has 0 aliphatic carbocycles. The van der Waals surface area contributed by atoms with Crippen molar-refractivity contribution >= 4 is 21.6 Å². The third kappa shape index (κ3) is 6.56. The molecular formula is C21H28N2O4S. The van der Waals surface area contributed by atoms with E-state index in [4.69, 9.17) is 4.74 Å². The average molecular weight is 405 g/mol. The number of rotatable bonds is 9. The summed E-state index contributed by atoms with van der Waals surface area (Å²) in [5.74, 6) is 0.756. The molecule has 7 heteroatoms. The molecule has 0 aromatic heterocycles. The van der Waals surface area contributed by atoms with E-state index in [1.807, 2.05) is 19.9 Å². The molecule has 1 amide bonds. The molecule has 0 saturated heterocycles. The lowest BCUT2D eigenvalue weighted by atomic mass is 10.1. The molecule has 0 spiro atoms. The molecule has 2 N–H and O–H groups in total. The topological polar surface area (TPSA) is 84.5 Å². The molecule has 2 aromatic rings. The number of nitrogens with one attached hydrogen (secondary N) is 2. The zero-order valence-electron chi connectivity index (χ0n) is 16.8. The number of hydrogen-bond donors (Lipinski definition) is 2. The van der Waals surface area contributed by atoms with Crippen LogP contribution in [0.5, 0.6) is 5.75 Å². The maximum atomic E-state index is 12.5. The number of sulfonamides is 1. The van der Waals surface area contributed by atoms with Crippen molar-refractivity contribution in [3.8, 4) is 5.75 Å². The van der Waals surface area contributed by atoms with Crippen LogP contribution in [0.1, 0.15) is 31.4 Å². The molecule has 152 valence electrons. The van der Waals surface area contributed by atoms with Crippen LogP contribution >= 0.6 is 0 Å². The second-order valence-electron chi connectivity index (χ2n) is 7.20. The zero-order chi connectivity index (χ0) is 20.7. The molecule has 0 saturated carbocycles. The summed E-state index contributed by atoms with van der Waals surface area (Å²) in [4.78, 5) is 11.9. The first-order valence-corrected chi connectivity index (χ1v) is 10.8. The predicted octanol–water partition coefficient (Wildman–Crippen LogP) is 3.65. The average Bonchev–Trinajstić information content (AvgIpc) is 2.63. The first kappa shape index (κ1) is 21.8. The highest BCUT2D eigenvalue weighted by atomic mass is 32.2. The number of benzene rings is 2. The van der Waals surface area contributed by atoms with Crippen LogP contribution in [-0.2, 0) is 14.8 Å². The van der Waals surface area contributed by atoms with Gasteiger partial charge in [-0.2, -0.15) is 0 Å². The molecule has 0 fully saturated rings. The van der Waals surface area contributed by atoms with Crippen LogP contribution in [0.2, 0.25) is 0 Å². The van der Waals surface area contributed by atoms with E-state index in [2.05, 4.69) is 23.9 Å². The van der Waals surface area contributed by atoms with Crippen LogP contribution in [0.15, 0.2) is 47.4 Å². The third-order valence-corrected chi connectivity index (χ3v) is 5.70. The largest absolute Gasteiger partial charge is 0.484 e. The van der Waals surface area contributed by atoms with Crippen LogP contribution in [0.3, 0.4) is 0 Å². The van der Waals surface area contributed by atoms with Gasteiger partial charge in [0.2, 0.25) is 0 Å². The lowest BCUT2D eigenvalue weighted by Gasteiger charge is -2.11. The van der Waals surface area contributed by atoms with E-state index in [1.54, 1.807) is 12.1 Å². The molecule has 0 aliphatic heterocycles. The van der Waals surface area contributed by atoms with Gasteiger partial charge in [0, 0.05) is 12.2 Å². The fourth-order valence-corrected chi connectivity index (χ4v) is 3.48. The highest BCUT2D eigenvalue weighted by molar-refractivity contribution is 7.92. The molecule has 0 aliphatic rings. The van der Waals surface area contributed by atoms with Gasteiger partial charge in [0.25, 0.3) is 15.9 Å². The first-order chi connectivity index (χ1) is 13.2. The number of amides is 1. The van der Waals surface area contributed by atoms with Crippen LogP contribution in [0, 0.1) is 19.8 Å². The van der Waals surface area contributed by atoms with Crippen LogP contribution in [-0.4, -0.2) is 27.5 Å². The fraction of sp³-hybridized carbons (Fsp3) is 0.381. The van der Waals surface area contributed by atoms with E-state index in [-0.39, 0.29) is 17.4 Å². The summed E-state index contributed by atoms with van der Waals surface area (Å²) in [7, 11) is -3.70. The van der Waals surface area contributed by atoms with Crippen molar-refractivity contribution in [3.63, 3.8) is 0 Å². The minimum Gasteiger partial charge on any atom is -0.484 e. The predicted molar refractivity (Wildman–Crippen MR) is 111 cm³/mol. The lowest BCUT2D eigenvalue weighted by Crippen LogP contribution is -2.30. The van der Waals surface area contributed by atoms with E-state index < -0.39 is 10.0 Å². The Hall–Kier alpha value is -2.54. The zero-order valence-corrected chi connectivity index (χ0v) is 17.6. The van der Waals surface area contributed by atoms with Crippen LogP contribution in [0.4, 0.5) is 5.69 Å². The van der Waals surface area contributed by atoms with E-state index in [1.165, 1.54) is 24.3 Å². The van der Waals surface area contributed by atoms with Crippen molar-refractivity contribution in [1.29, 1.82) is 0 Å². The SMILES string of the molecule is Cc1ccc(NS(=O)(=O)c2ccc(OCC(=O)NCCC(C)C)cc2)cc1C.